The van der Waals surface area contributed by atoms with Crippen molar-refractivity contribution in [1.29, 1.82) is 0 Å². The second-order valence-corrected chi connectivity index (χ2v) is 6.54. The SMILES string of the molecule is Cc1cc(NCCCc2ccccc2)nc(NCCc2ccc(F)cc2)n1. The van der Waals surface area contributed by atoms with Crippen molar-refractivity contribution in [2.75, 3.05) is 23.7 Å². The second kappa shape index (κ2) is 9.67. The lowest BCUT2D eigenvalue weighted by molar-refractivity contribution is 0.627. The molecule has 0 spiro atoms. The first-order valence-electron chi connectivity index (χ1n) is 9.31. The monoisotopic (exact) mass is 364 g/mol. The molecule has 1 aromatic heterocycles. The van der Waals surface area contributed by atoms with E-state index in [0.29, 0.717) is 12.5 Å². The summed E-state index contributed by atoms with van der Waals surface area (Å²) in [6.45, 7) is 3.52. The molecule has 1 heterocycles. The van der Waals surface area contributed by atoms with Crippen LogP contribution in [-0.2, 0) is 12.8 Å². The molecule has 0 saturated carbocycles. The molecule has 0 saturated heterocycles. The van der Waals surface area contributed by atoms with E-state index >= 15 is 0 Å². The maximum absolute atomic E-state index is 12.9. The van der Waals surface area contributed by atoms with Crippen LogP contribution >= 0.6 is 0 Å². The Bertz CT molecular complexity index is 835. The molecule has 0 aliphatic rings. The molecule has 3 aromatic rings. The van der Waals surface area contributed by atoms with Crippen molar-refractivity contribution in [3.05, 3.63) is 83.3 Å². The standard InChI is InChI=1S/C22H25FN4/c1-17-16-21(24-14-5-8-18-6-3-2-4-7-18)27-22(26-17)25-15-13-19-9-11-20(23)12-10-19/h2-4,6-7,9-12,16H,5,8,13-15H2,1H3,(H2,24,25,26,27). The molecule has 27 heavy (non-hydrogen) atoms. The van der Waals surface area contributed by atoms with E-state index in [1.54, 1.807) is 12.1 Å². The number of hydrogen-bond donors (Lipinski definition) is 2. The Morgan fingerprint density at radius 1 is 0.815 bits per heavy atom. The summed E-state index contributed by atoms with van der Waals surface area (Å²) >= 11 is 0. The third kappa shape index (κ3) is 6.37. The van der Waals surface area contributed by atoms with Gasteiger partial charge in [-0.2, -0.15) is 4.98 Å². The van der Waals surface area contributed by atoms with E-state index in [9.17, 15) is 4.39 Å². The van der Waals surface area contributed by atoms with Gasteiger partial charge < -0.3 is 10.6 Å². The van der Waals surface area contributed by atoms with Gasteiger partial charge in [-0.05, 0) is 49.4 Å². The van der Waals surface area contributed by atoms with Crippen LogP contribution in [0, 0.1) is 12.7 Å². The van der Waals surface area contributed by atoms with Crippen molar-refractivity contribution < 1.29 is 4.39 Å². The minimum atomic E-state index is -0.211. The summed E-state index contributed by atoms with van der Waals surface area (Å²) in [7, 11) is 0. The van der Waals surface area contributed by atoms with Gasteiger partial charge in [0.05, 0.1) is 0 Å². The topological polar surface area (TPSA) is 49.8 Å². The molecule has 2 aromatic carbocycles. The van der Waals surface area contributed by atoms with Crippen LogP contribution in [0.1, 0.15) is 23.2 Å². The summed E-state index contributed by atoms with van der Waals surface area (Å²) in [4.78, 5) is 8.96. The predicted molar refractivity (Wildman–Crippen MR) is 109 cm³/mol. The number of aryl methyl sites for hydroxylation is 2. The van der Waals surface area contributed by atoms with Gasteiger partial charge in [0.1, 0.15) is 11.6 Å². The molecule has 140 valence electrons. The average Bonchev–Trinajstić information content (AvgIpc) is 2.67. The normalized spacial score (nSPS) is 10.6. The van der Waals surface area contributed by atoms with E-state index in [0.717, 1.165) is 42.9 Å². The molecule has 3 rings (SSSR count). The Balaban J connectivity index is 1.46. The number of rotatable bonds is 9. The zero-order valence-corrected chi connectivity index (χ0v) is 15.6. The zero-order valence-electron chi connectivity index (χ0n) is 15.6. The smallest absolute Gasteiger partial charge is 0.224 e. The Morgan fingerprint density at radius 2 is 1.56 bits per heavy atom. The quantitative estimate of drug-likeness (QED) is 0.544. The lowest BCUT2D eigenvalue weighted by Crippen LogP contribution is -2.11. The van der Waals surface area contributed by atoms with E-state index in [2.05, 4.69) is 44.9 Å². The highest BCUT2D eigenvalue weighted by atomic mass is 19.1. The van der Waals surface area contributed by atoms with Crippen LogP contribution in [0.4, 0.5) is 16.2 Å². The van der Waals surface area contributed by atoms with Gasteiger partial charge in [0.15, 0.2) is 0 Å². The van der Waals surface area contributed by atoms with Crippen LogP contribution in [0.5, 0.6) is 0 Å². The Kier molecular flexibility index (Phi) is 6.74. The lowest BCUT2D eigenvalue weighted by atomic mass is 10.1. The molecule has 0 radical (unpaired) electrons. The molecular weight excluding hydrogens is 339 g/mol. The fourth-order valence-corrected chi connectivity index (χ4v) is 2.86. The van der Waals surface area contributed by atoms with Crippen LogP contribution in [0.3, 0.4) is 0 Å². The van der Waals surface area contributed by atoms with Crippen LogP contribution < -0.4 is 10.6 Å². The van der Waals surface area contributed by atoms with Crippen LogP contribution in [-0.4, -0.2) is 23.1 Å². The van der Waals surface area contributed by atoms with E-state index in [4.69, 9.17) is 0 Å². The highest BCUT2D eigenvalue weighted by Crippen LogP contribution is 2.11. The number of nitrogens with one attached hydrogen (secondary N) is 2. The second-order valence-electron chi connectivity index (χ2n) is 6.54. The van der Waals surface area contributed by atoms with Crippen LogP contribution in [0.2, 0.25) is 0 Å². The van der Waals surface area contributed by atoms with Gasteiger partial charge in [0.25, 0.3) is 0 Å². The van der Waals surface area contributed by atoms with Gasteiger partial charge in [0, 0.05) is 24.8 Å². The van der Waals surface area contributed by atoms with E-state index in [1.165, 1.54) is 17.7 Å². The summed E-state index contributed by atoms with van der Waals surface area (Å²) in [5, 5.41) is 6.63. The number of aromatic nitrogens is 2. The predicted octanol–water partition coefficient (Wildman–Crippen LogP) is 4.62. The van der Waals surface area contributed by atoms with Crippen molar-refractivity contribution in [1.82, 2.24) is 9.97 Å². The van der Waals surface area contributed by atoms with Crippen molar-refractivity contribution >= 4 is 11.8 Å². The third-order valence-electron chi connectivity index (χ3n) is 4.26. The molecule has 0 unspecified atom stereocenters. The number of halogens is 1. The first-order chi connectivity index (χ1) is 13.2. The molecule has 0 aliphatic heterocycles. The van der Waals surface area contributed by atoms with Crippen LogP contribution in [0.25, 0.3) is 0 Å². The van der Waals surface area contributed by atoms with Gasteiger partial charge in [-0.15, -0.1) is 0 Å². The average molecular weight is 364 g/mol. The van der Waals surface area contributed by atoms with Gasteiger partial charge >= 0.3 is 0 Å². The maximum atomic E-state index is 12.9. The summed E-state index contributed by atoms with van der Waals surface area (Å²) < 4.78 is 12.9. The van der Waals surface area contributed by atoms with E-state index < -0.39 is 0 Å². The molecule has 0 atom stereocenters. The Labute approximate surface area is 159 Å². The first kappa shape index (κ1) is 18.8. The maximum Gasteiger partial charge on any atom is 0.224 e. The van der Waals surface area contributed by atoms with E-state index in [1.807, 2.05) is 19.1 Å². The minimum absolute atomic E-state index is 0.211. The third-order valence-corrected chi connectivity index (χ3v) is 4.26. The van der Waals surface area contributed by atoms with Crippen LogP contribution in [0.15, 0.2) is 60.7 Å². The van der Waals surface area contributed by atoms with Crippen molar-refractivity contribution in [3.63, 3.8) is 0 Å². The molecule has 5 heteroatoms. The summed E-state index contributed by atoms with van der Waals surface area (Å²) in [5.41, 5.74) is 3.34. The highest BCUT2D eigenvalue weighted by Gasteiger charge is 2.02. The minimum Gasteiger partial charge on any atom is -0.370 e. The summed E-state index contributed by atoms with van der Waals surface area (Å²) in [6, 6.07) is 19.0. The Morgan fingerprint density at radius 3 is 2.33 bits per heavy atom. The first-order valence-corrected chi connectivity index (χ1v) is 9.31. The molecule has 0 fully saturated rings. The fourth-order valence-electron chi connectivity index (χ4n) is 2.86. The molecular formula is C22H25FN4. The zero-order chi connectivity index (χ0) is 18.9. The molecule has 0 bridgehead atoms. The number of benzene rings is 2. The summed E-state index contributed by atoms with van der Waals surface area (Å²) in [5.74, 6) is 1.24. The fraction of sp³-hybridized carbons (Fsp3) is 0.273. The molecule has 0 amide bonds. The van der Waals surface area contributed by atoms with Crippen molar-refractivity contribution in [3.8, 4) is 0 Å². The lowest BCUT2D eigenvalue weighted by Gasteiger charge is -2.10. The summed E-state index contributed by atoms with van der Waals surface area (Å²) in [6.07, 6.45) is 2.87. The molecule has 0 aliphatic carbocycles. The number of nitrogens with zero attached hydrogens (tertiary/aromatic N) is 2. The Hall–Kier alpha value is -2.95. The largest absolute Gasteiger partial charge is 0.370 e. The number of hydrogen-bond acceptors (Lipinski definition) is 4. The molecule has 2 N–H and O–H groups in total. The highest BCUT2D eigenvalue weighted by molar-refractivity contribution is 5.42. The molecule has 4 nitrogen and oxygen atoms in total. The van der Waals surface area contributed by atoms with Gasteiger partial charge in [-0.3, -0.25) is 0 Å². The van der Waals surface area contributed by atoms with Gasteiger partial charge in [-0.25, -0.2) is 9.37 Å². The number of anilines is 2. The van der Waals surface area contributed by atoms with Gasteiger partial charge in [-0.1, -0.05) is 42.5 Å². The van der Waals surface area contributed by atoms with Crippen molar-refractivity contribution in [2.24, 2.45) is 0 Å². The van der Waals surface area contributed by atoms with Gasteiger partial charge in [0.2, 0.25) is 5.95 Å². The van der Waals surface area contributed by atoms with Crippen molar-refractivity contribution in [2.45, 2.75) is 26.2 Å². The van der Waals surface area contributed by atoms with E-state index in [-0.39, 0.29) is 5.82 Å².